The molecule has 1 fully saturated rings. The van der Waals surface area contributed by atoms with E-state index in [0.717, 1.165) is 12.8 Å². The first-order chi connectivity index (χ1) is 9.88. The van der Waals surface area contributed by atoms with E-state index in [9.17, 15) is 14.9 Å². The molecule has 0 bridgehead atoms. The molecule has 1 aliphatic carbocycles. The predicted molar refractivity (Wildman–Crippen MR) is 81.0 cm³/mol. The summed E-state index contributed by atoms with van der Waals surface area (Å²) in [5, 5.41) is 13.5. The molecule has 6 nitrogen and oxygen atoms in total. The van der Waals surface area contributed by atoms with Crippen molar-refractivity contribution in [3.8, 4) is 0 Å². The van der Waals surface area contributed by atoms with Crippen molar-refractivity contribution < 1.29 is 14.2 Å². The van der Waals surface area contributed by atoms with Crippen LogP contribution in [-0.2, 0) is 4.79 Å². The number of quaternary nitrogens is 1. The van der Waals surface area contributed by atoms with Crippen molar-refractivity contribution in [1.82, 2.24) is 0 Å². The van der Waals surface area contributed by atoms with Gasteiger partial charge in [-0.1, -0.05) is 6.07 Å². The zero-order valence-corrected chi connectivity index (χ0v) is 12.5. The highest BCUT2D eigenvalue weighted by Gasteiger charge is 2.33. The molecular formula is C15H22N3O3+. The molecule has 0 aromatic heterocycles. The smallest absolute Gasteiger partial charge is 0.279 e. The molecule has 0 unspecified atom stereocenters. The van der Waals surface area contributed by atoms with Crippen LogP contribution in [0.2, 0.25) is 0 Å². The Morgan fingerprint density at radius 1 is 1.38 bits per heavy atom. The van der Waals surface area contributed by atoms with Crippen LogP contribution in [0.25, 0.3) is 0 Å². The Morgan fingerprint density at radius 3 is 2.67 bits per heavy atom. The Bertz CT molecular complexity index is 537. The summed E-state index contributed by atoms with van der Waals surface area (Å²) in [6, 6.07) is 6.56. The summed E-state index contributed by atoms with van der Waals surface area (Å²) in [5.74, 6) is -0.104. The van der Waals surface area contributed by atoms with Crippen molar-refractivity contribution in [1.29, 1.82) is 0 Å². The molecule has 0 saturated heterocycles. The Balaban J connectivity index is 1.98. The minimum atomic E-state index is -0.464. The van der Waals surface area contributed by atoms with Gasteiger partial charge in [0.15, 0.2) is 6.54 Å². The van der Waals surface area contributed by atoms with E-state index in [4.69, 9.17) is 0 Å². The lowest BCUT2D eigenvalue weighted by molar-refractivity contribution is -0.906. The summed E-state index contributed by atoms with van der Waals surface area (Å²) in [7, 11) is 4.14. The van der Waals surface area contributed by atoms with Crippen LogP contribution in [0.4, 0.5) is 11.4 Å². The predicted octanol–water partition coefficient (Wildman–Crippen LogP) is 2.55. The van der Waals surface area contributed by atoms with Crippen molar-refractivity contribution in [3.05, 3.63) is 34.4 Å². The van der Waals surface area contributed by atoms with Crippen molar-refractivity contribution in [3.63, 3.8) is 0 Å². The molecule has 0 heterocycles. The molecule has 0 aliphatic heterocycles. The van der Waals surface area contributed by atoms with Crippen molar-refractivity contribution in [2.75, 3.05) is 26.0 Å². The molecule has 1 aliphatic rings. The maximum absolute atomic E-state index is 12.2. The maximum atomic E-state index is 12.2. The summed E-state index contributed by atoms with van der Waals surface area (Å²) in [5.41, 5.74) is 0.456. The Morgan fingerprint density at radius 2 is 2.05 bits per heavy atom. The largest absolute Gasteiger partial charge is 0.321 e. The van der Waals surface area contributed by atoms with Crippen LogP contribution < -0.4 is 5.32 Å². The van der Waals surface area contributed by atoms with E-state index in [-0.39, 0.29) is 11.6 Å². The molecular weight excluding hydrogens is 270 g/mol. The lowest BCUT2D eigenvalue weighted by Gasteiger charge is -2.35. The van der Waals surface area contributed by atoms with E-state index in [0.29, 0.717) is 22.8 Å². The summed E-state index contributed by atoms with van der Waals surface area (Å²) in [4.78, 5) is 22.4. The molecule has 1 N–H and O–H groups in total. The first-order valence-electron chi connectivity index (χ1n) is 7.25. The third-order valence-electron chi connectivity index (χ3n) is 4.21. The summed E-state index contributed by atoms with van der Waals surface area (Å²) < 4.78 is 0.667. The van der Waals surface area contributed by atoms with Gasteiger partial charge in [-0.2, -0.15) is 0 Å². The molecule has 2 rings (SSSR count). The number of nitro benzene ring substituents is 1. The number of nitrogens with one attached hydrogen (secondary N) is 1. The number of hydrogen-bond donors (Lipinski definition) is 1. The highest BCUT2D eigenvalue weighted by Crippen LogP contribution is 2.26. The number of benzene rings is 1. The lowest BCUT2D eigenvalue weighted by Crippen LogP contribution is -2.51. The van der Waals surface area contributed by atoms with E-state index >= 15 is 0 Å². The van der Waals surface area contributed by atoms with Crippen LogP contribution in [0.1, 0.15) is 25.7 Å². The van der Waals surface area contributed by atoms with Gasteiger partial charge in [-0.05, 0) is 31.7 Å². The molecule has 21 heavy (non-hydrogen) atoms. The number of carbonyl (C=O) groups excluding carboxylic acids is 1. The van der Waals surface area contributed by atoms with Gasteiger partial charge in [0.2, 0.25) is 0 Å². The fraction of sp³-hybridized carbons (Fsp3) is 0.533. The number of rotatable bonds is 5. The summed E-state index contributed by atoms with van der Waals surface area (Å²) >= 11 is 0. The number of non-ortho nitro benzene ring substituents is 1. The summed E-state index contributed by atoms with van der Waals surface area (Å²) in [6.45, 7) is 0.382. The van der Waals surface area contributed by atoms with Crippen molar-refractivity contribution >= 4 is 17.3 Å². The highest BCUT2D eigenvalue weighted by atomic mass is 16.6. The van der Waals surface area contributed by atoms with Crippen LogP contribution in [0.15, 0.2) is 24.3 Å². The number of nitro groups is 1. The number of carbonyl (C=O) groups is 1. The van der Waals surface area contributed by atoms with Gasteiger partial charge in [-0.15, -0.1) is 0 Å². The van der Waals surface area contributed by atoms with E-state index in [1.54, 1.807) is 12.1 Å². The normalized spacial score (nSPS) is 15.9. The van der Waals surface area contributed by atoms with Crippen LogP contribution in [0, 0.1) is 10.1 Å². The number of amides is 1. The number of nitrogens with zero attached hydrogens (tertiary/aromatic N) is 2. The van der Waals surface area contributed by atoms with Crippen LogP contribution >= 0.6 is 0 Å². The first kappa shape index (κ1) is 15.4. The van der Waals surface area contributed by atoms with E-state index in [1.165, 1.54) is 25.0 Å². The van der Waals surface area contributed by atoms with E-state index < -0.39 is 4.92 Å². The molecule has 114 valence electrons. The number of likely N-dealkylation sites (N-methyl/N-ethyl adjacent to an activating group) is 1. The van der Waals surface area contributed by atoms with Crippen LogP contribution in [-0.4, -0.2) is 42.0 Å². The van der Waals surface area contributed by atoms with Gasteiger partial charge in [0.05, 0.1) is 25.1 Å². The average molecular weight is 292 g/mol. The van der Waals surface area contributed by atoms with E-state index in [2.05, 4.69) is 19.4 Å². The Kier molecular flexibility index (Phi) is 4.57. The zero-order valence-electron chi connectivity index (χ0n) is 12.5. The molecule has 1 aromatic carbocycles. The third-order valence-corrected chi connectivity index (χ3v) is 4.21. The van der Waals surface area contributed by atoms with Gasteiger partial charge < -0.3 is 9.80 Å². The number of hydrogen-bond acceptors (Lipinski definition) is 3. The minimum absolute atomic E-state index is 0.0163. The van der Waals surface area contributed by atoms with Crippen molar-refractivity contribution in [2.24, 2.45) is 0 Å². The monoisotopic (exact) mass is 292 g/mol. The standard InChI is InChI=1S/C15H21N3O3/c1-18(2,14-8-3-4-9-14)11-15(19)16-12-6-5-7-13(10-12)17(20)21/h5-7,10,14H,3-4,8-9,11H2,1-2H3/p+1. The SMILES string of the molecule is C[N+](C)(CC(=O)Nc1cccc([N+](=O)[O-])c1)C1CCCC1. The van der Waals surface area contributed by atoms with Gasteiger partial charge in [-0.3, -0.25) is 14.9 Å². The zero-order chi connectivity index (χ0) is 15.5. The molecule has 6 heteroatoms. The summed E-state index contributed by atoms with van der Waals surface area (Å²) in [6.07, 6.45) is 4.80. The van der Waals surface area contributed by atoms with Gasteiger partial charge >= 0.3 is 0 Å². The molecule has 1 amide bonds. The van der Waals surface area contributed by atoms with Crippen LogP contribution in [0.3, 0.4) is 0 Å². The average Bonchev–Trinajstić information content (AvgIpc) is 2.92. The molecule has 1 saturated carbocycles. The fourth-order valence-electron chi connectivity index (χ4n) is 3.00. The fourth-order valence-corrected chi connectivity index (χ4v) is 3.00. The molecule has 0 atom stereocenters. The second-order valence-electron chi connectivity index (χ2n) is 6.23. The van der Waals surface area contributed by atoms with Crippen molar-refractivity contribution in [2.45, 2.75) is 31.7 Å². The second-order valence-corrected chi connectivity index (χ2v) is 6.23. The van der Waals surface area contributed by atoms with Crippen LogP contribution in [0.5, 0.6) is 0 Å². The van der Waals surface area contributed by atoms with E-state index in [1.807, 2.05) is 0 Å². The maximum Gasteiger partial charge on any atom is 0.279 e. The third kappa shape index (κ3) is 4.01. The van der Waals surface area contributed by atoms with Gasteiger partial charge in [-0.25, -0.2) is 0 Å². The second kappa shape index (κ2) is 6.22. The first-order valence-corrected chi connectivity index (χ1v) is 7.25. The Labute approximate surface area is 124 Å². The topological polar surface area (TPSA) is 72.2 Å². The minimum Gasteiger partial charge on any atom is -0.321 e. The van der Waals surface area contributed by atoms with Gasteiger partial charge in [0.1, 0.15) is 0 Å². The van der Waals surface area contributed by atoms with Gasteiger partial charge in [0, 0.05) is 17.8 Å². The van der Waals surface area contributed by atoms with Gasteiger partial charge in [0.25, 0.3) is 11.6 Å². The molecule has 0 radical (unpaired) electrons. The highest BCUT2D eigenvalue weighted by molar-refractivity contribution is 5.91. The number of anilines is 1. The Hall–Kier alpha value is -1.95. The molecule has 1 aromatic rings. The quantitative estimate of drug-likeness (QED) is 0.515. The lowest BCUT2D eigenvalue weighted by atomic mass is 10.2. The molecule has 0 spiro atoms.